The summed E-state index contributed by atoms with van der Waals surface area (Å²) in [4.78, 5) is 2.56. The fourth-order valence-electron chi connectivity index (χ4n) is 3.74. The first-order valence-electron chi connectivity index (χ1n) is 6.40. The highest BCUT2D eigenvalue weighted by atomic mass is 15.1. The molecule has 1 fully saturated rings. The number of hydrogen-bond acceptors (Lipinski definition) is 1. The minimum absolute atomic E-state index is 0.409. The Balaban J connectivity index is 2.13. The number of benzene rings is 1. The van der Waals surface area contributed by atoms with E-state index in [2.05, 4.69) is 50.1 Å². The monoisotopic (exact) mass is 215 g/mol. The van der Waals surface area contributed by atoms with E-state index in [-0.39, 0.29) is 0 Å². The molecule has 0 N–H and O–H groups in total. The fraction of sp³-hybridized carbons (Fsp3) is 0.600. The molecule has 2 bridgehead atoms. The zero-order chi connectivity index (χ0) is 11.3. The first kappa shape index (κ1) is 10.3. The average Bonchev–Trinajstić information content (AvgIpc) is 2.27. The predicted molar refractivity (Wildman–Crippen MR) is 67.7 cm³/mol. The quantitative estimate of drug-likeness (QED) is 0.643. The van der Waals surface area contributed by atoms with E-state index in [1.807, 2.05) is 0 Å². The van der Waals surface area contributed by atoms with E-state index in [1.165, 1.54) is 19.4 Å². The minimum atomic E-state index is 0.409. The summed E-state index contributed by atoms with van der Waals surface area (Å²) in [5.41, 5.74) is 3.61. The Labute approximate surface area is 98.5 Å². The number of rotatable bonds is 0. The van der Waals surface area contributed by atoms with Crippen LogP contribution in [0.25, 0.3) is 0 Å². The van der Waals surface area contributed by atoms with Crippen molar-refractivity contribution in [2.45, 2.75) is 38.1 Å². The van der Waals surface area contributed by atoms with Crippen LogP contribution in [-0.4, -0.2) is 24.5 Å². The summed E-state index contributed by atoms with van der Waals surface area (Å²) in [6.45, 7) is 6.12. The van der Waals surface area contributed by atoms with Crippen molar-refractivity contribution in [2.24, 2.45) is 5.92 Å². The molecule has 2 aliphatic rings. The van der Waals surface area contributed by atoms with E-state index < -0.39 is 0 Å². The van der Waals surface area contributed by atoms with Gasteiger partial charge in [-0.1, -0.05) is 38.1 Å². The summed E-state index contributed by atoms with van der Waals surface area (Å²) in [6, 6.07) is 9.83. The van der Waals surface area contributed by atoms with Crippen LogP contribution in [0.1, 0.15) is 31.4 Å². The highest BCUT2D eigenvalue weighted by Crippen LogP contribution is 2.46. The Hall–Kier alpha value is -0.820. The van der Waals surface area contributed by atoms with E-state index in [0.29, 0.717) is 5.41 Å². The molecule has 0 saturated carbocycles. The second kappa shape index (κ2) is 3.33. The molecule has 0 spiro atoms. The number of hydrogen-bond donors (Lipinski definition) is 0. The van der Waals surface area contributed by atoms with E-state index >= 15 is 0 Å². The van der Waals surface area contributed by atoms with Crippen LogP contribution in [0.3, 0.4) is 0 Å². The molecule has 86 valence electrons. The third kappa shape index (κ3) is 1.27. The maximum atomic E-state index is 2.56. The largest absolute Gasteiger partial charge is 0.303 e. The maximum absolute atomic E-state index is 2.56. The van der Waals surface area contributed by atoms with Gasteiger partial charge in [0, 0.05) is 12.6 Å². The van der Waals surface area contributed by atoms with Crippen molar-refractivity contribution in [3.63, 3.8) is 0 Å². The van der Waals surface area contributed by atoms with Crippen LogP contribution >= 0.6 is 0 Å². The molecule has 3 atom stereocenters. The Morgan fingerprint density at radius 2 is 2.06 bits per heavy atom. The van der Waals surface area contributed by atoms with Crippen molar-refractivity contribution in [3.05, 3.63) is 35.4 Å². The normalized spacial score (nSPS) is 38.2. The third-order valence-corrected chi connectivity index (χ3v) is 5.02. The standard InChI is InChI=1S/C15H21N/c1-11-10-16(3)13-8-12-6-4-5-7-14(12)15(11,2)9-13/h4-7,11,13H,8-10H2,1-3H3. The number of piperidine rings is 1. The fourth-order valence-corrected chi connectivity index (χ4v) is 3.74. The minimum Gasteiger partial charge on any atom is -0.303 e. The van der Waals surface area contributed by atoms with Crippen molar-refractivity contribution in [3.8, 4) is 0 Å². The van der Waals surface area contributed by atoms with Crippen LogP contribution in [0, 0.1) is 5.92 Å². The zero-order valence-electron chi connectivity index (χ0n) is 10.5. The molecular weight excluding hydrogens is 194 g/mol. The van der Waals surface area contributed by atoms with E-state index in [0.717, 1.165) is 12.0 Å². The van der Waals surface area contributed by atoms with Crippen molar-refractivity contribution < 1.29 is 0 Å². The van der Waals surface area contributed by atoms with Crippen LogP contribution in [0.2, 0.25) is 0 Å². The third-order valence-electron chi connectivity index (χ3n) is 5.02. The lowest BCUT2D eigenvalue weighted by Crippen LogP contribution is -2.54. The smallest absolute Gasteiger partial charge is 0.0141 e. The lowest BCUT2D eigenvalue weighted by Gasteiger charge is -2.52. The topological polar surface area (TPSA) is 3.24 Å². The molecule has 1 aliphatic carbocycles. The first-order chi connectivity index (χ1) is 7.61. The van der Waals surface area contributed by atoms with Crippen molar-refractivity contribution in [1.29, 1.82) is 0 Å². The molecule has 1 heteroatoms. The molecule has 0 aromatic heterocycles. The van der Waals surface area contributed by atoms with Crippen molar-refractivity contribution in [1.82, 2.24) is 4.90 Å². The molecule has 3 unspecified atom stereocenters. The van der Waals surface area contributed by atoms with Gasteiger partial charge in [0.2, 0.25) is 0 Å². The molecule has 1 aromatic carbocycles. The molecule has 0 radical (unpaired) electrons. The van der Waals surface area contributed by atoms with Crippen LogP contribution in [0.4, 0.5) is 0 Å². The van der Waals surface area contributed by atoms with Crippen LogP contribution in [0.5, 0.6) is 0 Å². The van der Waals surface area contributed by atoms with Gasteiger partial charge in [0.25, 0.3) is 0 Å². The molecule has 3 rings (SSSR count). The van der Waals surface area contributed by atoms with E-state index in [1.54, 1.807) is 11.1 Å². The van der Waals surface area contributed by atoms with Gasteiger partial charge >= 0.3 is 0 Å². The first-order valence-corrected chi connectivity index (χ1v) is 6.40. The summed E-state index contributed by atoms with van der Waals surface area (Å²) in [5, 5.41) is 0. The zero-order valence-corrected chi connectivity index (χ0v) is 10.5. The highest BCUT2D eigenvalue weighted by Gasteiger charge is 2.45. The van der Waals surface area contributed by atoms with Gasteiger partial charge in [-0.2, -0.15) is 0 Å². The molecule has 1 heterocycles. The lowest BCUT2D eigenvalue weighted by molar-refractivity contribution is 0.0642. The Morgan fingerprint density at radius 1 is 1.31 bits per heavy atom. The Morgan fingerprint density at radius 3 is 2.88 bits per heavy atom. The number of fused-ring (bicyclic) bond motifs is 4. The molecule has 0 amide bonds. The van der Waals surface area contributed by atoms with Gasteiger partial charge in [0.05, 0.1) is 0 Å². The molecule has 1 nitrogen and oxygen atoms in total. The number of likely N-dealkylation sites (tertiary alicyclic amines) is 1. The van der Waals surface area contributed by atoms with Crippen molar-refractivity contribution in [2.75, 3.05) is 13.6 Å². The van der Waals surface area contributed by atoms with Gasteiger partial charge < -0.3 is 4.90 Å². The van der Waals surface area contributed by atoms with E-state index in [4.69, 9.17) is 0 Å². The Kier molecular flexibility index (Phi) is 2.16. The maximum Gasteiger partial charge on any atom is 0.0141 e. The number of nitrogens with zero attached hydrogens (tertiary/aromatic N) is 1. The highest BCUT2D eigenvalue weighted by molar-refractivity contribution is 5.39. The van der Waals surface area contributed by atoms with Crippen LogP contribution in [0.15, 0.2) is 24.3 Å². The summed E-state index contributed by atoms with van der Waals surface area (Å²) < 4.78 is 0. The summed E-state index contributed by atoms with van der Waals surface area (Å²) in [7, 11) is 2.29. The van der Waals surface area contributed by atoms with Gasteiger partial charge in [0.1, 0.15) is 0 Å². The van der Waals surface area contributed by atoms with Gasteiger partial charge in [-0.05, 0) is 42.3 Å². The SMILES string of the molecule is CC1CN(C)C2Cc3ccccc3C1(C)C2. The van der Waals surface area contributed by atoms with Crippen molar-refractivity contribution >= 4 is 0 Å². The number of likely N-dealkylation sites (N-methyl/N-ethyl adjacent to an activating group) is 1. The van der Waals surface area contributed by atoms with Gasteiger partial charge in [0.15, 0.2) is 0 Å². The lowest BCUT2D eigenvalue weighted by atomic mass is 9.60. The van der Waals surface area contributed by atoms with E-state index in [9.17, 15) is 0 Å². The van der Waals surface area contributed by atoms with Gasteiger partial charge in [-0.25, -0.2) is 0 Å². The van der Waals surface area contributed by atoms with Gasteiger partial charge in [-0.15, -0.1) is 0 Å². The van der Waals surface area contributed by atoms with Gasteiger partial charge in [-0.3, -0.25) is 0 Å². The second-order valence-electron chi connectivity index (χ2n) is 5.98. The van der Waals surface area contributed by atoms with Crippen LogP contribution < -0.4 is 0 Å². The Bertz CT molecular complexity index is 412. The summed E-state index contributed by atoms with van der Waals surface area (Å²) in [5.74, 6) is 0.759. The summed E-state index contributed by atoms with van der Waals surface area (Å²) >= 11 is 0. The molecule has 1 aliphatic heterocycles. The average molecular weight is 215 g/mol. The summed E-state index contributed by atoms with van der Waals surface area (Å²) in [6.07, 6.45) is 2.58. The molecular formula is C15H21N. The molecule has 16 heavy (non-hydrogen) atoms. The molecule has 1 aromatic rings. The second-order valence-corrected chi connectivity index (χ2v) is 5.98. The molecule has 1 saturated heterocycles. The van der Waals surface area contributed by atoms with Crippen LogP contribution in [-0.2, 0) is 11.8 Å². The predicted octanol–water partition coefficient (Wildman–Crippen LogP) is 2.84.